The lowest BCUT2D eigenvalue weighted by Gasteiger charge is -2.31. The molecule has 2 rings (SSSR count). The molecule has 7 heteroatoms. The first kappa shape index (κ1) is 27.0. The number of nitrogens with one attached hydrogen (secondary N) is 1. The number of carbonyl (C=O) groups excluding carboxylic acids is 2. The first-order valence-electron chi connectivity index (χ1n) is 11.6. The zero-order valence-corrected chi connectivity index (χ0v) is 21.2. The molecule has 0 aliphatic rings. The van der Waals surface area contributed by atoms with E-state index in [1.54, 1.807) is 23.1 Å². The molecular formula is C26H34Cl2N2O3. The Balaban J connectivity index is 2.07. The topological polar surface area (TPSA) is 58.6 Å². The van der Waals surface area contributed by atoms with Crippen LogP contribution in [-0.2, 0) is 16.1 Å². The van der Waals surface area contributed by atoms with E-state index in [0.717, 1.165) is 29.7 Å². The standard InChI is InChI=1S/C26H34Cl2N2O3/c1-4-6-15-29-26(32)24(5-2)30(18-20-11-12-21(27)17-23(20)28)25(31)8-7-16-33-22-13-9-19(3)10-14-22/h9-14,17,24H,4-8,15-16,18H2,1-3H3,(H,29,32). The zero-order valence-electron chi connectivity index (χ0n) is 19.7. The van der Waals surface area contributed by atoms with Gasteiger partial charge in [-0.2, -0.15) is 0 Å². The summed E-state index contributed by atoms with van der Waals surface area (Å²) < 4.78 is 5.76. The van der Waals surface area contributed by atoms with Gasteiger partial charge in [-0.1, -0.05) is 67.2 Å². The third-order valence-electron chi connectivity index (χ3n) is 5.40. The maximum Gasteiger partial charge on any atom is 0.242 e. The Morgan fingerprint density at radius 3 is 2.42 bits per heavy atom. The lowest BCUT2D eigenvalue weighted by molar-refractivity contribution is -0.141. The Bertz CT molecular complexity index is 903. The third kappa shape index (κ3) is 8.90. The van der Waals surface area contributed by atoms with Crippen molar-refractivity contribution >= 4 is 35.0 Å². The van der Waals surface area contributed by atoms with Crippen LogP contribution in [0.2, 0.25) is 10.0 Å². The molecule has 2 amide bonds. The molecule has 1 N–H and O–H groups in total. The van der Waals surface area contributed by atoms with E-state index in [1.165, 1.54) is 0 Å². The minimum atomic E-state index is -0.570. The third-order valence-corrected chi connectivity index (χ3v) is 5.98. The minimum absolute atomic E-state index is 0.106. The summed E-state index contributed by atoms with van der Waals surface area (Å²) in [7, 11) is 0. The largest absolute Gasteiger partial charge is 0.494 e. The number of hydrogen-bond acceptors (Lipinski definition) is 3. The molecule has 33 heavy (non-hydrogen) atoms. The molecule has 0 saturated heterocycles. The molecule has 0 heterocycles. The smallest absolute Gasteiger partial charge is 0.242 e. The van der Waals surface area contributed by atoms with Crippen molar-refractivity contribution < 1.29 is 14.3 Å². The Morgan fingerprint density at radius 1 is 1.06 bits per heavy atom. The lowest BCUT2D eigenvalue weighted by atomic mass is 10.1. The molecule has 0 aliphatic carbocycles. The van der Waals surface area contributed by atoms with E-state index in [9.17, 15) is 9.59 Å². The van der Waals surface area contributed by atoms with E-state index in [2.05, 4.69) is 12.2 Å². The van der Waals surface area contributed by atoms with Crippen LogP contribution in [0.1, 0.15) is 57.1 Å². The first-order valence-corrected chi connectivity index (χ1v) is 12.3. The summed E-state index contributed by atoms with van der Waals surface area (Å²) in [5, 5.41) is 3.96. The molecule has 0 saturated carbocycles. The number of rotatable bonds is 13. The highest BCUT2D eigenvalue weighted by Gasteiger charge is 2.28. The number of halogens is 2. The van der Waals surface area contributed by atoms with Crippen molar-refractivity contribution in [3.63, 3.8) is 0 Å². The normalized spacial score (nSPS) is 11.7. The van der Waals surface area contributed by atoms with Crippen LogP contribution in [0, 0.1) is 6.92 Å². The minimum Gasteiger partial charge on any atom is -0.494 e. The van der Waals surface area contributed by atoms with E-state index in [1.807, 2.05) is 38.1 Å². The van der Waals surface area contributed by atoms with Crippen LogP contribution >= 0.6 is 23.2 Å². The van der Waals surface area contributed by atoms with E-state index >= 15 is 0 Å². The summed E-state index contributed by atoms with van der Waals surface area (Å²) in [6.07, 6.45) is 3.21. The number of hydrogen-bond donors (Lipinski definition) is 1. The Hall–Kier alpha value is -2.24. The highest BCUT2D eigenvalue weighted by atomic mass is 35.5. The van der Waals surface area contributed by atoms with E-state index < -0.39 is 6.04 Å². The molecule has 0 radical (unpaired) electrons. The van der Waals surface area contributed by atoms with Crippen LogP contribution in [0.25, 0.3) is 0 Å². The number of unbranched alkanes of at least 4 members (excludes halogenated alkanes) is 1. The number of nitrogens with zero attached hydrogens (tertiary/aromatic N) is 1. The van der Waals surface area contributed by atoms with Gasteiger partial charge in [0.2, 0.25) is 11.8 Å². The molecule has 5 nitrogen and oxygen atoms in total. The lowest BCUT2D eigenvalue weighted by Crippen LogP contribution is -2.49. The average Bonchev–Trinajstić information content (AvgIpc) is 2.79. The van der Waals surface area contributed by atoms with Crippen molar-refractivity contribution in [1.29, 1.82) is 0 Å². The SMILES string of the molecule is CCCCNC(=O)C(CC)N(Cc1ccc(Cl)cc1Cl)C(=O)CCCOc1ccc(C)cc1. The molecule has 1 unspecified atom stereocenters. The van der Waals surface area contributed by atoms with Crippen LogP contribution in [0.4, 0.5) is 0 Å². The molecule has 180 valence electrons. The molecule has 0 aliphatic heterocycles. The Morgan fingerprint density at radius 2 is 1.79 bits per heavy atom. The van der Waals surface area contributed by atoms with Crippen molar-refractivity contribution in [3.05, 3.63) is 63.6 Å². The average molecular weight is 493 g/mol. The summed E-state index contributed by atoms with van der Waals surface area (Å²) in [5.41, 5.74) is 1.92. The maximum absolute atomic E-state index is 13.2. The van der Waals surface area contributed by atoms with Gasteiger partial charge in [-0.3, -0.25) is 9.59 Å². The van der Waals surface area contributed by atoms with Gasteiger partial charge in [0.05, 0.1) is 6.61 Å². The van der Waals surface area contributed by atoms with Crippen LogP contribution in [-0.4, -0.2) is 35.9 Å². The van der Waals surface area contributed by atoms with Crippen LogP contribution < -0.4 is 10.1 Å². The number of aryl methyl sites for hydroxylation is 1. The van der Waals surface area contributed by atoms with Crippen molar-refractivity contribution in [2.45, 2.75) is 65.5 Å². The summed E-state index contributed by atoms with van der Waals surface area (Å²) in [6, 6.07) is 12.4. The molecule has 2 aromatic rings. The molecule has 0 fully saturated rings. The molecule has 2 aromatic carbocycles. The molecule has 0 bridgehead atoms. The fraction of sp³-hybridized carbons (Fsp3) is 0.462. The van der Waals surface area contributed by atoms with E-state index in [4.69, 9.17) is 27.9 Å². The van der Waals surface area contributed by atoms with Gasteiger partial charge in [0.15, 0.2) is 0 Å². The number of benzene rings is 2. The zero-order chi connectivity index (χ0) is 24.2. The summed E-state index contributed by atoms with van der Waals surface area (Å²) in [5.74, 6) is 0.533. The van der Waals surface area contributed by atoms with Crippen molar-refractivity contribution in [1.82, 2.24) is 10.2 Å². The summed E-state index contributed by atoms with van der Waals surface area (Å²) in [4.78, 5) is 27.7. The van der Waals surface area contributed by atoms with Crippen molar-refractivity contribution in [2.75, 3.05) is 13.2 Å². The fourth-order valence-electron chi connectivity index (χ4n) is 3.45. The van der Waals surface area contributed by atoms with Gasteiger partial charge < -0.3 is 15.0 Å². The monoisotopic (exact) mass is 492 g/mol. The number of amides is 2. The Kier molecular flexibility index (Phi) is 11.6. The number of carbonyl (C=O) groups is 2. The molecule has 1 atom stereocenters. The Labute approximate surface area is 207 Å². The van der Waals surface area contributed by atoms with Crippen molar-refractivity contribution in [3.8, 4) is 5.75 Å². The molecular weight excluding hydrogens is 459 g/mol. The van der Waals surface area contributed by atoms with Crippen LogP contribution in [0.15, 0.2) is 42.5 Å². The number of ether oxygens (including phenoxy) is 1. The van der Waals surface area contributed by atoms with Gasteiger partial charge in [0.25, 0.3) is 0 Å². The van der Waals surface area contributed by atoms with Crippen LogP contribution in [0.3, 0.4) is 0 Å². The summed E-state index contributed by atoms with van der Waals surface area (Å²) >= 11 is 12.4. The highest BCUT2D eigenvalue weighted by Crippen LogP contribution is 2.24. The van der Waals surface area contributed by atoms with Gasteiger partial charge in [-0.05, 0) is 56.0 Å². The van der Waals surface area contributed by atoms with Gasteiger partial charge >= 0.3 is 0 Å². The van der Waals surface area contributed by atoms with Gasteiger partial charge in [-0.15, -0.1) is 0 Å². The van der Waals surface area contributed by atoms with Crippen LogP contribution in [0.5, 0.6) is 5.75 Å². The van der Waals surface area contributed by atoms with E-state index in [0.29, 0.717) is 36.0 Å². The van der Waals surface area contributed by atoms with Crippen molar-refractivity contribution in [2.24, 2.45) is 0 Å². The molecule has 0 aromatic heterocycles. The second-order valence-electron chi connectivity index (χ2n) is 8.09. The second-order valence-corrected chi connectivity index (χ2v) is 8.93. The second kappa shape index (κ2) is 14.1. The predicted octanol–water partition coefficient (Wildman–Crippen LogP) is 6.18. The van der Waals surface area contributed by atoms with Gasteiger partial charge in [0.1, 0.15) is 11.8 Å². The predicted molar refractivity (Wildman–Crippen MR) is 135 cm³/mol. The maximum atomic E-state index is 13.2. The van der Waals surface area contributed by atoms with E-state index in [-0.39, 0.29) is 24.8 Å². The highest BCUT2D eigenvalue weighted by molar-refractivity contribution is 6.35. The fourth-order valence-corrected chi connectivity index (χ4v) is 3.92. The molecule has 0 spiro atoms. The quantitative estimate of drug-likeness (QED) is 0.339. The van der Waals surface area contributed by atoms with Gasteiger partial charge in [-0.25, -0.2) is 0 Å². The van der Waals surface area contributed by atoms with Gasteiger partial charge in [0, 0.05) is 29.6 Å². The summed E-state index contributed by atoms with van der Waals surface area (Å²) in [6.45, 7) is 7.26. The first-order chi connectivity index (χ1) is 15.8.